The molecular formula is C17H23N3O4. The highest BCUT2D eigenvalue weighted by Crippen LogP contribution is 2.12. The minimum absolute atomic E-state index is 0.00712. The molecule has 0 aromatic heterocycles. The molecule has 1 aromatic rings. The fraction of sp³-hybridized carbons (Fsp3) is 0.529. The molecule has 0 saturated carbocycles. The van der Waals surface area contributed by atoms with E-state index in [0.29, 0.717) is 31.7 Å². The van der Waals surface area contributed by atoms with E-state index in [4.69, 9.17) is 9.57 Å². The summed E-state index contributed by atoms with van der Waals surface area (Å²) in [5.41, 5.74) is 0.519. The van der Waals surface area contributed by atoms with Crippen molar-refractivity contribution in [3.05, 3.63) is 35.9 Å². The molecule has 0 aliphatic carbocycles. The Morgan fingerprint density at radius 3 is 2.33 bits per heavy atom. The van der Waals surface area contributed by atoms with Gasteiger partial charge in [-0.2, -0.15) is 0 Å². The van der Waals surface area contributed by atoms with Crippen LogP contribution in [0.5, 0.6) is 0 Å². The first kappa shape index (κ1) is 16.7. The Bertz CT molecular complexity index is 552. The first-order chi connectivity index (χ1) is 11.7. The quantitative estimate of drug-likeness (QED) is 0.898. The minimum atomic E-state index is -0.374. The normalized spacial score (nSPS) is 19.8. The van der Waals surface area contributed by atoms with Crippen LogP contribution in [0, 0.1) is 0 Å². The number of carbonyl (C=O) groups excluding carboxylic acids is 2. The average Bonchev–Trinajstić information content (AvgIpc) is 2.64. The Balaban J connectivity index is 1.42. The van der Waals surface area contributed by atoms with Crippen LogP contribution >= 0.6 is 0 Å². The fourth-order valence-electron chi connectivity index (χ4n) is 2.84. The highest BCUT2D eigenvalue weighted by molar-refractivity contribution is 5.89. The Labute approximate surface area is 141 Å². The highest BCUT2D eigenvalue weighted by Gasteiger charge is 2.27. The molecule has 2 heterocycles. The monoisotopic (exact) mass is 333 g/mol. The molecule has 0 radical (unpaired) electrons. The molecule has 0 bridgehead atoms. The number of piperidine rings is 1. The van der Waals surface area contributed by atoms with Gasteiger partial charge >= 0.3 is 12.1 Å². The van der Waals surface area contributed by atoms with Crippen LogP contribution in [0.1, 0.15) is 23.2 Å². The maximum atomic E-state index is 12.2. The number of nitrogens with one attached hydrogen (secondary N) is 1. The van der Waals surface area contributed by atoms with Gasteiger partial charge in [-0.15, -0.1) is 5.06 Å². The summed E-state index contributed by atoms with van der Waals surface area (Å²) >= 11 is 0. The van der Waals surface area contributed by atoms with Gasteiger partial charge in [-0.25, -0.2) is 9.59 Å². The van der Waals surface area contributed by atoms with E-state index < -0.39 is 0 Å². The number of benzene rings is 1. The van der Waals surface area contributed by atoms with E-state index in [9.17, 15) is 9.59 Å². The first-order valence-electron chi connectivity index (χ1n) is 8.41. The second kappa shape index (κ2) is 8.12. The van der Waals surface area contributed by atoms with Gasteiger partial charge in [-0.3, -0.25) is 0 Å². The van der Waals surface area contributed by atoms with Crippen molar-refractivity contribution in [2.45, 2.75) is 18.9 Å². The number of nitrogens with zero attached hydrogens (tertiary/aromatic N) is 2. The van der Waals surface area contributed by atoms with E-state index in [1.54, 1.807) is 34.2 Å². The molecule has 2 aliphatic heterocycles. The van der Waals surface area contributed by atoms with Gasteiger partial charge in [-0.05, 0) is 38.1 Å². The first-order valence-corrected chi connectivity index (χ1v) is 8.41. The van der Waals surface area contributed by atoms with E-state index in [-0.39, 0.29) is 18.2 Å². The van der Waals surface area contributed by atoms with Gasteiger partial charge in [0.25, 0.3) is 0 Å². The number of hydrogen-bond donors (Lipinski definition) is 1. The third kappa shape index (κ3) is 4.46. The summed E-state index contributed by atoms with van der Waals surface area (Å²) in [6.45, 7) is 3.74. The lowest BCUT2D eigenvalue weighted by molar-refractivity contribution is -0.128. The molecule has 24 heavy (non-hydrogen) atoms. The second-order valence-electron chi connectivity index (χ2n) is 5.99. The molecule has 1 aromatic carbocycles. The molecule has 0 atom stereocenters. The zero-order valence-corrected chi connectivity index (χ0v) is 13.6. The second-order valence-corrected chi connectivity index (χ2v) is 5.99. The van der Waals surface area contributed by atoms with Gasteiger partial charge in [0, 0.05) is 13.1 Å². The van der Waals surface area contributed by atoms with Crippen molar-refractivity contribution in [2.24, 2.45) is 0 Å². The smallest absolute Gasteiger partial charge is 0.410 e. The topological polar surface area (TPSA) is 71.1 Å². The summed E-state index contributed by atoms with van der Waals surface area (Å²) in [7, 11) is 0. The summed E-state index contributed by atoms with van der Waals surface area (Å²) in [5.74, 6) is -0.374. The summed E-state index contributed by atoms with van der Waals surface area (Å²) < 4.78 is 5.54. The Morgan fingerprint density at radius 2 is 1.67 bits per heavy atom. The van der Waals surface area contributed by atoms with Gasteiger partial charge in [0.2, 0.25) is 0 Å². The molecule has 1 N–H and O–H groups in total. The summed E-state index contributed by atoms with van der Waals surface area (Å²) in [5, 5.41) is 4.85. The standard InChI is InChI=1S/C17H23N3O4/c21-16(14-4-2-1-3-5-14)24-20-12-10-19(11-13-20)17(22)23-15-6-8-18-9-7-15/h1-5,15,18H,6-13H2. The molecule has 2 fully saturated rings. The van der Waals surface area contributed by atoms with Crippen molar-refractivity contribution in [2.75, 3.05) is 39.3 Å². The van der Waals surface area contributed by atoms with E-state index in [1.165, 1.54) is 0 Å². The molecule has 7 nitrogen and oxygen atoms in total. The van der Waals surface area contributed by atoms with E-state index in [1.807, 2.05) is 6.07 Å². The molecule has 0 unspecified atom stereocenters. The fourth-order valence-corrected chi connectivity index (χ4v) is 2.84. The number of rotatable bonds is 3. The zero-order valence-electron chi connectivity index (χ0n) is 13.6. The van der Waals surface area contributed by atoms with Crippen LogP contribution in [-0.2, 0) is 9.57 Å². The lowest BCUT2D eigenvalue weighted by Gasteiger charge is -2.34. The molecule has 2 aliphatic rings. The molecule has 2 saturated heterocycles. The summed E-state index contributed by atoms with van der Waals surface area (Å²) in [6.07, 6.45) is 1.46. The van der Waals surface area contributed by atoms with E-state index in [0.717, 1.165) is 25.9 Å². The maximum Gasteiger partial charge on any atom is 0.410 e. The SMILES string of the molecule is O=C(ON1CCN(C(=O)OC2CCNCC2)CC1)c1ccccc1. The van der Waals surface area contributed by atoms with Crippen LogP contribution in [0.15, 0.2) is 30.3 Å². The van der Waals surface area contributed by atoms with Gasteiger partial charge in [0.05, 0.1) is 18.7 Å². The number of ether oxygens (including phenoxy) is 1. The van der Waals surface area contributed by atoms with E-state index in [2.05, 4.69) is 5.32 Å². The Morgan fingerprint density at radius 1 is 1.00 bits per heavy atom. The van der Waals surface area contributed by atoms with Gasteiger partial charge < -0.3 is 19.8 Å². The van der Waals surface area contributed by atoms with Crippen molar-refractivity contribution in [3.63, 3.8) is 0 Å². The van der Waals surface area contributed by atoms with Crippen molar-refractivity contribution in [1.29, 1.82) is 0 Å². The minimum Gasteiger partial charge on any atom is -0.446 e. The lowest BCUT2D eigenvalue weighted by Crippen LogP contribution is -2.50. The largest absolute Gasteiger partial charge is 0.446 e. The predicted octanol–water partition coefficient (Wildman–Crippen LogP) is 1.26. The number of hydrogen-bond acceptors (Lipinski definition) is 6. The molecule has 130 valence electrons. The zero-order chi connectivity index (χ0) is 16.8. The summed E-state index contributed by atoms with van der Waals surface area (Å²) in [4.78, 5) is 31.2. The van der Waals surface area contributed by atoms with Crippen LogP contribution in [-0.4, -0.2) is 67.4 Å². The molecular weight excluding hydrogens is 310 g/mol. The average molecular weight is 333 g/mol. The maximum absolute atomic E-state index is 12.2. The van der Waals surface area contributed by atoms with Crippen molar-refractivity contribution in [1.82, 2.24) is 15.3 Å². The van der Waals surface area contributed by atoms with Crippen LogP contribution in [0.2, 0.25) is 0 Å². The number of carbonyl (C=O) groups is 2. The van der Waals surface area contributed by atoms with Gasteiger partial charge in [0.1, 0.15) is 6.10 Å². The molecule has 1 amide bonds. The molecule has 0 spiro atoms. The van der Waals surface area contributed by atoms with Crippen molar-refractivity contribution >= 4 is 12.1 Å². The Hall–Kier alpha value is -2.12. The van der Waals surface area contributed by atoms with Crippen molar-refractivity contribution in [3.8, 4) is 0 Å². The number of amides is 1. The van der Waals surface area contributed by atoms with Crippen molar-refractivity contribution < 1.29 is 19.2 Å². The van der Waals surface area contributed by atoms with Gasteiger partial charge in [-0.1, -0.05) is 18.2 Å². The third-order valence-electron chi connectivity index (χ3n) is 4.27. The third-order valence-corrected chi connectivity index (χ3v) is 4.27. The number of hydroxylamine groups is 2. The lowest BCUT2D eigenvalue weighted by atomic mass is 10.1. The predicted molar refractivity (Wildman–Crippen MR) is 87.4 cm³/mol. The van der Waals surface area contributed by atoms with Crippen LogP contribution < -0.4 is 5.32 Å². The molecule has 7 heteroatoms. The highest BCUT2D eigenvalue weighted by atomic mass is 16.7. The van der Waals surface area contributed by atoms with Crippen LogP contribution in [0.4, 0.5) is 4.79 Å². The van der Waals surface area contributed by atoms with Gasteiger partial charge in [0.15, 0.2) is 0 Å². The molecule has 3 rings (SSSR count). The van der Waals surface area contributed by atoms with Crippen LogP contribution in [0.3, 0.4) is 0 Å². The number of piperazine rings is 1. The Kier molecular flexibility index (Phi) is 5.66. The van der Waals surface area contributed by atoms with Crippen LogP contribution in [0.25, 0.3) is 0 Å². The van der Waals surface area contributed by atoms with E-state index >= 15 is 0 Å². The summed E-state index contributed by atoms with van der Waals surface area (Å²) in [6, 6.07) is 8.88.